The quantitative estimate of drug-likeness (QED) is 0.371. The molecule has 0 aliphatic carbocycles. The van der Waals surface area contributed by atoms with Gasteiger partial charge in [0.25, 0.3) is 0 Å². The van der Waals surface area contributed by atoms with Crippen LogP contribution in [0, 0.1) is 16.7 Å². The zero-order valence-electron chi connectivity index (χ0n) is 22.3. The van der Waals surface area contributed by atoms with Crippen molar-refractivity contribution in [1.29, 1.82) is 5.26 Å². The van der Waals surface area contributed by atoms with E-state index in [1.165, 1.54) is 20.3 Å². The standard InChI is InChI=1S/C28H28Cl2N6O4/c1-5-23(37)34-19-11-40-10-18(19)33-22-7-16-15(9-32-22)6-17(35-27(16)36-13-28(2,12-31)14-36)24-25(29)20(38-3)8-21(39-4)26(24)30/h5-9,18-19H,1,10-11,13-14H2,2-4H3,(H,32,33)(H,34,37)/t18-,19+/m1/s1. The summed E-state index contributed by atoms with van der Waals surface area (Å²) >= 11 is 13.4. The first-order valence-corrected chi connectivity index (χ1v) is 13.3. The summed E-state index contributed by atoms with van der Waals surface area (Å²) in [5.41, 5.74) is 0.501. The van der Waals surface area contributed by atoms with Crippen LogP contribution in [0.15, 0.2) is 37.1 Å². The maximum Gasteiger partial charge on any atom is 0.243 e. The summed E-state index contributed by atoms with van der Waals surface area (Å²) < 4.78 is 16.5. The van der Waals surface area contributed by atoms with E-state index in [2.05, 4.69) is 28.3 Å². The van der Waals surface area contributed by atoms with Gasteiger partial charge in [-0.05, 0) is 25.1 Å². The Morgan fingerprint density at radius 2 is 1.88 bits per heavy atom. The lowest BCUT2D eigenvalue weighted by Gasteiger charge is -2.44. The van der Waals surface area contributed by atoms with Crippen LogP contribution < -0.4 is 25.0 Å². The lowest BCUT2D eigenvalue weighted by molar-refractivity contribution is -0.117. The number of methoxy groups -OCH3 is 2. The van der Waals surface area contributed by atoms with E-state index in [0.717, 1.165) is 10.8 Å². The summed E-state index contributed by atoms with van der Waals surface area (Å²) in [5, 5.41) is 18.1. The number of benzene rings is 1. The summed E-state index contributed by atoms with van der Waals surface area (Å²) in [4.78, 5) is 23.5. The topological polar surface area (TPSA) is 122 Å². The van der Waals surface area contributed by atoms with Crippen molar-refractivity contribution in [2.75, 3.05) is 50.7 Å². The van der Waals surface area contributed by atoms with Gasteiger partial charge in [0.1, 0.15) is 23.1 Å². The highest BCUT2D eigenvalue weighted by Gasteiger charge is 2.40. The Morgan fingerprint density at radius 3 is 2.50 bits per heavy atom. The number of anilines is 2. The number of ether oxygens (including phenoxy) is 3. The molecule has 1 amide bonds. The zero-order chi connectivity index (χ0) is 28.6. The van der Waals surface area contributed by atoms with Crippen molar-refractivity contribution in [2.45, 2.75) is 19.0 Å². The van der Waals surface area contributed by atoms with Crippen LogP contribution in [0.1, 0.15) is 6.92 Å². The van der Waals surface area contributed by atoms with Crippen LogP contribution in [0.25, 0.3) is 22.0 Å². The van der Waals surface area contributed by atoms with Crippen molar-refractivity contribution < 1.29 is 19.0 Å². The molecule has 40 heavy (non-hydrogen) atoms. The number of nitrogens with one attached hydrogen (secondary N) is 2. The van der Waals surface area contributed by atoms with Crippen molar-refractivity contribution in [3.8, 4) is 28.8 Å². The number of amides is 1. The van der Waals surface area contributed by atoms with E-state index >= 15 is 0 Å². The molecule has 0 radical (unpaired) electrons. The maximum absolute atomic E-state index is 11.9. The third-order valence-corrected chi connectivity index (χ3v) is 7.85. The van der Waals surface area contributed by atoms with Gasteiger partial charge in [-0.1, -0.05) is 29.8 Å². The molecule has 2 fully saturated rings. The highest BCUT2D eigenvalue weighted by atomic mass is 35.5. The van der Waals surface area contributed by atoms with Crippen molar-refractivity contribution in [2.24, 2.45) is 5.41 Å². The number of hydrogen-bond donors (Lipinski definition) is 2. The second-order valence-corrected chi connectivity index (χ2v) is 10.8. The predicted octanol–water partition coefficient (Wildman–Crippen LogP) is 4.45. The van der Waals surface area contributed by atoms with Gasteiger partial charge in [-0.3, -0.25) is 4.79 Å². The van der Waals surface area contributed by atoms with E-state index < -0.39 is 5.41 Å². The average molecular weight is 583 g/mol. The number of halogens is 2. The summed E-state index contributed by atoms with van der Waals surface area (Å²) in [6.45, 7) is 7.24. The monoisotopic (exact) mass is 582 g/mol. The van der Waals surface area contributed by atoms with Gasteiger partial charge in [-0.2, -0.15) is 5.26 Å². The highest BCUT2D eigenvalue weighted by molar-refractivity contribution is 6.41. The van der Waals surface area contributed by atoms with Gasteiger partial charge in [-0.25, -0.2) is 9.97 Å². The molecule has 0 bridgehead atoms. The van der Waals surface area contributed by atoms with Gasteiger partial charge >= 0.3 is 0 Å². The number of carbonyl (C=O) groups excluding carboxylic acids is 1. The molecule has 10 nitrogen and oxygen atoms in total. The summed E-state index contributed by atoms with van der Waals surface area (Å²) in [5.74, 6) is 1.80. The molecule has 1 aromatic carbocycles. The molecule has 2 saturated heterocycles. The summed E-state index contributed by atoms with van der Waals surface area (Å²) in [6, 6.07) is 7.35. The smallest absolute Gasteiger partial charge is 0.243 e. The van der Waals surface area contributed by atoms with E-state index in [9.17, 15) is 10.1 Å². The van der Waals surface area contributed by atoms with Gasteiger partial charge in [0.2, 0.25) is 5.91 Å². The third kappa shape index (κ3) is 5.08. The molecule has 0 spiro atoms. The first-order chi connectivity index (χ1) is 19.2. The maximum atomic E-state index is 11.9. The minimum atomic E-state index is -0.482. The van der Waals surface area contributed by atoms with E-state index in [0.29, 0.717) is 70.7 Å². The fourth-order valence-electron chi connectivity index (χ4n) is 4.97. The number of fused-ring (bicyclic) bond motifs is 1. The summed E-state index contributed by atoms with van der Waals surface area (Å²) in [6.07, 6.45) is 2.97. The SMILES string of the molecule is C=CC(=O)N[C@H]1COC[C@H]1Nc1cc2c(N3CC(C)(C#N)C3)nc(-c3c(Cl)c(OC)cc(OC)c3Cl)cc2cn1. The highest BCUT2D eigenvalue weighted by Crippen LogP contribution is 2.47. The molecule has 12 heteroatoms. The van der Waals surface area contributed by atoms with E-state index in [1.54, 1.807) is 12.3 Å². The molecule has 2 aromatic heterocycles. The number of carbonyl (C=O) groups is 1. The Bertz CT molecular complexity index is 1510. The second kappa shape index (κ2) is 11.0. The number of nitrogens with zero attached hydrogens (tertiary/aromatic N) is 4. The Hall–Kier alpha value is -3.78. The normalized spacial score (nSPS) is 19.4. The third-order valence-electron chi connectivity index (χ3n) is 7.10. The largest absolute Gasteiger partial charge is 0.495 e. The van der Waals surface area contributed by atoms with Crippen LogP contribution >= 0.6 is 23.2 Å². The molecular weight excluding hydrogens is 555 g/mol. The van der Waals surface area contributed by atoms with E-state index in [-0.39, 0.29) is 18.0 Å². The van der Waals surface area contributed by atoms with Crippen molar-refractivity contribution in [1.82, 2.24) is 15.3 Å². The Morgan fingerprint density at radius 1 is 1.20 bits per heavy atom. The molecular formula is C28H28Cl2N6O4. The van der Waals surface area contributed by atoms with Gasteiger partial charge < -0.3 is 29.7 Å². The Labute approximate surface area is 241 Å². The molecule has 2 aliphatic rings. The van der Waals surface area contributed by atoms with Crippen LogP contribution in [0.5, 0.6) is 11.5 Å². The molecule has 0 unspecified atom stereocenters. The van der Waals surface area contributed by atoms with Crippen LogP contribution in [0.4, 0.5) is 11.6 Å². The molecule has 5 rings (SSSR count). The molecule has 3 aromatic rings. The minimum Gasteiger partial charge on any atom is -0.495 e. The van der Waals surface area contributed by atoms with Gasteiger partial charge in [0.05, 0.1) is 66.7 Å². The van der Waals surface area contributed by atoms with Crippen LogP contribution in [-0.2, 0) is 9.53 Å². The molecule has 2 N–H and O–H groups in total. The van der Waals surface area contributed by atoms with Crippen LogP contribution in [0.3, 0.4) is 0 Å². The van der Waals surface area contributed by atoms with Gasteiger partial charge in [0.15, 0.2) is 0 Å². The van der Waals surface area contributed by atoms with E-state index in [4.69, 9.17) is 42.4 Å². The number of pyridine rings is 2. The van der Waals surface area contributed by atoms with Crippen LogP contribution in [0.2, 0.25) is 10.0 Å². The molecule has 4 heterocycles. The number of nitriles is 1. The summed E-state index contributed by atoms with van der Waals surface area (Å²) in [7, 11) is 3.03. The second-order valence-electron chi connectivity index (χ2n) is 10.0. The molecule has 0 saturated carbocycles. The Kier molecular flexibility index (Phi) is 7.64. The average Bonchev–Trinajstić information content (AvgIpc) is 3.37. The predicted molar refractivity (Wildman–Crippen MR) is 154 cm³/mol. The minimum absolute atomic E-state index is 0.183. The molecule has 2 aliphatic heterocycles. The molecule has 208 valence electrons. The number of aromatic nitrogens is 2. The van der Waals surface area contributed by atoms with Crippen molar-refractivity contribution in [3.63, 3.8) is 0 Å². The molecule has 2 atom stereocenters. The number of rotatable bonds is 8. The van der Waals surface area contributed by atoms with Gasteiger partial charge in [-0.15, -0.1) is 0 Å². The van der Waals surface area contributed by atoms with E-state index in [1.807, 2.05) is 24.0 Å². The van der Waals surface area contributed by atoms with Crippen molar-refractivity contribution >= 4 is 51.5 Å². The Balaban J connectivity index is 1.59. The van der Waals surface area contributed by atoms with Crippen LogP contribution in [-0.4, -0.2) is 68.5 Å². The first kappa shape index (κ1) is 27.8. The van der Waals surface area contributed by atoms with Crippen molar-refractivity contribution in [3.05, 3.63) is 47.1 Å². The lowest BCUT2D eigenvalue weighted by atomic mass is 9.83. The lowest BCUT2D eigenvalue weighted by Crippen LogP contribution is -2.54. The fourth-order valence-corrected chi connectivity index (χ4v) is 5.67. The number of hydrogen-bond acceptors (Lipinski definition) is 9. The van der Waals surface area contributed by atoms with Gasteiger partial charge in [0, 0.05) is 41.7 Å². The fraction of sp³-hybridized carbons (Fsp3) is 0.357. The zero-order valence-corrected chi connectivity index (χ0v) is 23.8. The first-order valence-electron chi connectivity index (χ1n) is 12.5.